The lowest BCUT2D eigenvalue weighted by Gasteiger charge is -2.24. The Balaban J connectivity index is 1.83. The fraction of sp³-hybridized carbons (Fsp3) is 0.286. The van der Waals surface area contributed by atoms with Crippen molar-refractivity contribution in [2.75, 3.05) is 5.32 Å². The first kappa shape index (κ1) is 12.9. The van der Waals surface area contributed by atoms with Gasteiger partial charge in [0.15, 0.2) is 0 Å². The molecule has 3 rings (SSSR count). The topological polar surface area (TPSA) is 12.0 Å². The number of aryl methyl sites for hydroxylation is 1. The Bertz CT molecular complexity index is 549. The fourth-order valence-corrected chi connectivity index (χ4v) is 4.80. The van der Waals surface area contributed by atoms with E-state index in [1.807, 2.05) is 11.3 Å². The summed E-state index contributed by atoms with van der Waals surface area (Å²) in [6.07, 6.45) is 3.77. The third-order valence-electron chi connectivity index (χ3n) is 3.27. The quantitative estimate of drug-likeness (QED) is 0.607. The number of thiophene rings is 1. The minimum Gasteiger partial charge on any atom is -0.378 e. The molecule has 1 aliphatic carbocycles. The Kier molecular flexibility index (Phi) is 3.96. The van der Waals surface area contributed by atoms with Gasteiger partial charge in [0.05, 0.1) is 8.93 Å². The first-order chi connectivity index (χ1) is 8.72. The number of anilines is 1. The molecule has 0 amide bonds. The van der Waals surface area contributed by atoms with Gasteiger partial charge in [-0.25, -0.2) is 0 Å². The van der Waals surface area contributed by atoms with Crippen molar-refractivity contribution in [2.24, 2.45) is 0 Å². The molecule has 1 aromatic carbocycles. The van der Waals surface area contributed by atoms with Crippen molar-refractivity contribution in [3.63, 3.8) is 0 Å². The largest absolute Gasteiger partial charge is 0.378 e. The molecule has 2 aromatic rings. The second-order valence-corrected chi connectivity index (χ2v) is 8.47. The number of benzene rings is 1. The molecule has 0 spiro atoms. The van der Waals surface area contributed by atoms with E-state index >= 15 is 0 Å². The van der Waals surface area contributed by atoms with E-state index in [9.17, 15) is 0 Å². The van der Waals surface area contributed by atoms with E-state index in [-0.39, 0.29) is 0 Å². The maximum absolute atomic E-state index is 3.66. The summed E-state index contributed by atoms with van der Waals surface area (Å²) in [5.41, 5.74) is 2.72. The highest BCUT2D eigenvalue weighted by Gasteiger charge is 2.22. The smallest absolute Gasteiger partial charge is 0.0660 e. The molecule has 1 aliphatic rings. The third-order valence-corrected chi connectivity index (χ3v) is 5.77. The molecular weight excluding hydrogens is 421 g/mol. The van der Waals surface area contributed by atoms with Crippen molar-refractivity contribution >= 4 is 55.5 Å². The van der Waals surface area contributed by atoms with Crippen molar-refractivity contribution < 1.29 is 0 Å². The summed E-state index contributed by atoms with van der Waals surface area (Å²) in [4.78, 5) is 1.57. The summed E-state index contributed by atoms with van der Waals surface area (Å²) in [6, 6.07) is 11.3. The molecule has 18 heavy (non-hydrogen) atoms. The average molecular weight is 434 g/mol. The molecule has 1 heterocycles. The second-order valence-electron chi connectivity index (χ2n) is 4.53. The van der Waals surface area contributed by atoms with E-state index in [0.29, 0.717) is 6.04 Å². The van der Waals surface area contributed by atoms with Gasteiger partial charge in [0, 0.05) is 15.0 Å². The molecule has 0 saturated carbocycles. The zero-order chi connectivity index (χ0) is 12.5. The molecule has 1 aromatic heterocycles. The molecule has 0 bridgehead atoms. The Labute approximate surface area is 133 Å². The maximum atomic E-state index is 3.66. The van der Waals surface area contributed by atoms with Crippen molar-refractivity contribution in [1.82, 2.24) is 0 Å². The van der Waals surface area contributed by atoms with Gasteiger partial charge in [-0.15, -0.1) is 11.3 Å². The monoisotopic (exact) mass is 433 g/mol. The molecule has 0 radical (unpaired) electrons. The van der Waals surface area contributed by atoms with Crippen molar-refractivity contribution in [3.05, 3.63) is 48.1 Å². The van der Waals surface area contributed by atoms with Crippen LogP contribution in [0.15, 0.2) is 34.8 Å². The summed E-state index contributed by atoms with van der Waals surface area (Å²) >= 11 is 7.85. The predicted molar refractivity (Wildman–Crippen MR) is 90.5 cm³/mol. The Hall–Kier alpha value is -0.0700. The number of rotatable bonds is 2. The van der Waals surface area contributed by atoms with E-state index in [0.717, 1.165) is 4.47 Å². The van der Waals surface area contributed by atoms with Crippen LogP contribution in [0.3, 0.4) is 0 Å². The van der Waals surface area contributed by atoms with Gasteiger partial charge in [-0.05, 0) is 77.7 Å². The summed E-state index contributed by atoms with van der Waals surface area (Å²) in [5, 5.41) is 3.66. The zero-order valence-electron chi connectivity index (χ0n) is 9.75. The highest BCUT2D eigenvalue weighted by molar-refractivity contribution is 14.1. The van der Waals surface area contributed by atoms with Crippen LogP contribution in [0.2, 0.25) is 0 Å². The highest BCUT2D eigenvalue weighted by atomic mass is 127. The van der Waals surface area contributed by atoms with Gasteiger partial charge in [0.25, 0.3) is 0 Å². The normalized spacial score (nSPS) is 18.4. The van der Waals surface area contributed by atoms with Gasteiger partial charge in [-0.1, -0.05) is 15.9 Å². The molecule has 0 fully saturated rings. The summed E-state index contributed by atoms with van der Waals surface area (Å²) < 4.78 is 2.53. The van der Waals surface area contributed by atoms with Crippen LogP contribution in [-0.2, 0) is 6.42 Å². The molecule has 1 unspecified atom stereocenters. The first-order valence-corrected chi connectivity index (χ1v) is 8.71. The second kappa shape index (κ2) is 5.51. The average Bonchev–Trinajstić information content (AvgIpc) is 2.73. The number of hydrogen-bond donors (Lipinski definition) is 1. The predicted octanol–water partition coefficient (Wildman–Crippen LogP) is 5.60. The van der Waals surface area contributed by atoms with Gasteiger partial charge < -0.3 is 5.32 Å². The Morgan fingerprint density at radius 1 is 1.28 bits per heavy atom. The van der Waals surface area contributed by atoms with Gasteiger partial charge in [0.1, 0.15) is 0 Å². The van der Waals surface area contributed by atoms with E-state index < -0.39 is 0 Å². The minimum atomic E-state index is 0.481. The molecule has 1 nitrogen and oxygen atoms in total. The van der Waals surface area contributed by atoms with Crippen molar-refractivity contribution in [2.45, 2.75) is 25.3 Å². The molecule has 94 valence electrons. The fourth-order valence-electron chi connectivity index (χ4n) is 2.42. The summed E-state index contributed by atoms with van der Waals surface area (Å²) in [7, 11) is 0. The van der Waals surface area contributed by atoms with E-state index in [4.69, 9.17) is 0 Å². The van der Waals surface area contributed by atoms with E-state index in [1.165, 1.54) is 33.4 Å². The third kappa shape index (κ3) is 2.75. The highest BCUT2D eigenvalue weighted by Crippen LogP contribution is 2.38. The van der Waals surface area contributed by atoms with Crippen LogP contribution in [-0.4, -0.2) is 0 Å². The summed E-state index contributed by atoms with van der Waals surface area (Å²) in [5.74, 6) is 0. The zero-order valence-corrected chi connectivity index (χ0v) is 14.3. The lowest BCUT2D eigenvalue weighted by molar-refractivity contribution is 0.609. The van der Waals surface area contributed by atoms with Crippen LogP contribution in [0, 0.1) is 2.88 Å². The van der Waals surface area contributed by atoms with Gasteiger partial charge in [-0.2, -0.15) is 0 Å². The van der Waals surface area contributed by atoms with Crippen LogP contribution in [0.4, 0.5) is 5.69 Å². The number of nitrogens with one attached hydrogen (secondary N) is 1. The lowest BCUT2D eigenvalue weighted by atomic mass is 9.94. The minimum absolute atomic E-state index is 0.481. The SMILES string of the molecule is Brc1ccc(NC2CCCc3sc(I)cc32)cc1. The Morgan fingerprint density at radius 2 is 2.06 bits per heavy atom. The van der Waals surface area contributed by atoms with Gasteiger partial charge >= 0.3 is 0 Å². The van der Waals surface area contributed by atoms with Crippen LogP contribution in [0.5, 0.6) is 0 Å². The molecular formula is C14H13BrINS. The number of hydrogen-bond acceptors (Lipinski definition) is 2. The molecule has 0 aliphatic heterocycles. The molecule has 1 atom stereocenters. The Morgan fingerprint density at radius 3 is 2.83 bits per heavy atom. The maximum Gasteiger partial charge on any atom is 0.0660 e. The van der Waals surface area contributed by atoms with Crippen molar-refractivity contribution in [3.8, 4) is 0 Å². The molecule has 1 N–H and O–H groups in total. The molecule has 4 heteroatoms. The standard InChI is InChI=1S/C14H13BrINS/c15-9-4-6-10(7-5-9)17-12-2-1-3-13-11(12)8-14(16)18-13/h4-8,12,17H,1-3H2. The van der Waals surface area contributed by atoms with Crippen LogP contribution >= 0.6 is 49.9 Å². The van der Waals surface area contributed by atoms with Gasteiger partial charge in [-0.3, -0.25) is 0 Å². The number of halogens is 2. The van der Waals surface area contributed by atoms with Gasteiger partial charge in [0.2, 0.25) is 0 Å². The summed E-state index contributed by atoms with van der Waals surface area (Å²) in [6.45, 7) is 0. The van der Waals surface area contributed by atoms with E-state index in [2.05, 4.69) is 74.2 Å². The number of fused-ring (bicyclic) bond motifs is 1. The molecule has 0 saturated heterocycles. The van der Waals surface area contributed by atoms with E-state index in [1.54, 1.807) is 4.88 Å². The van der Waals surface area contributed by atoms with Crippen LogP contribution < -0.4 is 5.32 Å². The van der Waals surface area contributed by atoms with Crippen LogP contribution in [0.1, 0.15) is 29.3 Å². The van der Waals surface area contributed by atoms with Crippen LogP contribution in [0.25, 0.3) is 0 Å². The van der Waals surface area contributed by atoms with Crippen molar-refractivity contribution in [1.29, 1.82) is 0 Å². The lowest BCUT2D eigenvalue weighted by Crippen LogP contribution is -2.15. The first-order valence-electron chi connectivity index (χ1n) is 6.02.